The Kier molecular flexibility index (Phi) is 8.07. The molecule has 0 radical (unpaired) electrons. The van der Waals surface area contributed by atoms with Gasteiger partial charge in [-0.15, -0.1) is 5.54 Å². The molecule has 0 aliphatic heterocycles. The first-order valence-electron chi connectivity index (χ1n) is 7.86. The molecule has 20 heavy (non-hydrogen) atoms. The molecule has 1 rings (SSSR count). The summed E-state index contributed by atoms with van der Waals surface area (Å²) >= 11 is 0. The summed E-state index contributed by atoms with van der Waals surface area (Å²) < 4.78 is 0. The SMILES string of the molecule is CCCCCC/C=C/C#C[Si](C)(C)Cc1ccccc1. The molecule has 0 atom stereocenters. The Morgan fingerprint density at radius 2 is 1.80 bits per heavy atom. The molecule has 0 nitrogen and oxygen atoms in total. The highest BCUT2D eigenvalue weighted by molar-refractivity contribution is 6.84. The first kappa shape index (κ1) is 16.8. The van der Waals surface area contributed by atoms with Gasteiger partial charge in [0, 0.05) is 0 Å². The molecule has 1 aromatic carbocycles. The summed E-state index contributed by atoms with van der Waals surface area (Å²) in [6.07, 6.45) is 10.8. The minimum absolute atomic E-state index is 1.14. The zero-order valence-electron chi connectivity index (χ0n) is 13.3. The van der Waals surface area contributed by atoms with Gasteiger partial charge in [-0.2, -0.15) is 0 Å². The van der Waals surface area contributed by atoms with Gasteiger partial charge in [-0.05, 0) is 30.5 Å². The Morgan fingerprint density at radius 3 is 2.50 bits per heavy atom. The Morgan fingerprint density at radius 1 is 1.05 bits per heavy atom. The lowest BCUT2D eigenvalue weighted by molar-refractivity contribution is 0.674. The molecule has 0 aromatic heterocycles. The van der Waals surface area contributed by atoms with Crippen molar-refractivity contribution in [2.24, 2.45) is 0 Å². The lowest BCUT2D eigenvalue weighted by Gasteiger charge is -2.14. The van der Waals surface area contributed by atoms with E-state index in [1.165, 1.54) is 37.7 Å². The zero-order valence-corrected chi connectivity index (χ0v) is 14.3. The summed E-state index contributed by atoms with van der Waals surface area (Å²) in [5.41, 5.74) is 4.93. The molecular weight excluding hydrogens is 256 g/mol. The van der Waals surface area contributed by atoms with Gasteiger partial charge in [0.05, 0.1) is 0 Å². The fourth-order valence-electron chi connectivity index (χ4n) is 2.22. The Balaban J connectivity index is 2.35. The van der Waals surface area contributed by atoms with E-state index < -0.39 is 8.07 Å². The van der Waals surface area contributed by atoms with Crippen LogP contribution in [0.15, 0.2) is 42.5 Å². The number of hydrogen-bond donors (Lipinski definition) is 0. The number of allylic oxidation sites excluding steroid dienone is 2. The first-order chi connectivity index (χ1) is 9.64. The number of benzene rings is 1. The average Bonchev–Trinajstić information content (AvgIpc) is 2.42. The van der Waals surface area contributed by atoms with Gasteiger partial charge in [0.1, 0.15) is 8.07 Å². The molecule has 0 bridgehead atoms. The molecule has 0 spiro atoms. The van der Waals surface area contributed by atoms with Crippen molar-refractivity contribution in [2.45, 2.75) is 58.2 Å². The molecule has 0 heterocycles. The van der Waals surface area contributed by atoms with E-state index in [0.29, 0.717) is 0 Å². The summed E-state index contributed by atoms with van der Waals surface area (Å²) in [5.74, 6) is 3.27. The van der Waals surface area contributed by atoms with Crippen LogP contribution in [0.2, 0.25) is 13.1 Å². The van der Waals surface area contributed by atoms with Crippen molar-refractivity contribution in [3.8, 4) is 11.5 Å². The lowest BCUT2D eigenvalue weighted by Crippen LogP contribution is -2.27. The quantitative estimate of drug-likeness (QED) is 0.350. The zero-order chi connectivity index (χ0) is 14.7. The maximum absolute atomic E-state index is 3.51. The standard InChI is InChI=1S/C19H28Si/c1-4-5-6-7-8-9-10-14-17-20(2,3)18-19-15-12-11-13-16-19/h9-13,15-16H,4-8,18H2,1-3H3/b10-9+. The Labute approximate surface area is 126 Å². The van der Waals surface area contributed by atoms with Crippen molar-refractivity contribution < 1.29 is 0 Å². The fourth-order valence-corrected chi connectivity index (χ4v) is 4.04. The molecule has 0 saturated carbocycles. The van der Waals surface area contributed by atoms with Crippen LogP contribution >= 0.6 is 0 Å². The van der Waals surface area contributed by atoms with Crippen LogP contribution in [0.1, 0.15) is 44.6 Å². The summed E-state index contributed by atoms with van der Waals surface area (Å²) in [4.78, 5) is 0. The van der Waals surface area contributed by atoms with Crippen LogP contribution in [-0.4, -0.2) is 8.07 Å². The summed E-state index contributed by atoms with van der Waals surface area (Å²) in [6, 6.07) is 11.9. The van der Waals surface area contributed by atoms with Gasteiger partial charge in [0.2, 0.25) is 0 Å². The van der Waals surface area contributed by atoms with Crippen LogP contribution in [-0.2, 0) is 6.04 Å². The van der Waals surface area contributed by atoms with Crippen LogP contribution in [0.3, 0.4) is 0 Å². The molecule has 1 heteroatoms. The smallest absolute Gasteiger partial charge is 0.127 e. The van der Waals surface area contributed by atoms with Gasteiger partial charge < -0.3 is 0 Å². The predicted octanol–water partition coefficient (Wildman–Crippen LogP) is 5.55. The van der Waals surface area contributed by atoms with E-state index in [9.17, 15) is 0 Å². The average molecular weight is 285 g/mol. The van der Waals surface area contributed by atoms with Crippen LogP contribution in [0.25, 0.3) is 0 Å². The summed E-state index contributed by atoms with van der Waals surface area (Å²) in [7, 11) is -1.44. The molecule has 0 amide bonds. The third-order valence-electron chi connectivity index (χ3n) is 3.32. The highest BCUT2D eigenvalue weighted by atomic mass is 28.3. The topological polar surface area (TPSA) is 0 Å². The third kappa shape index (κ3) is 8.02. The van der Waals surface area contributed by atoms with Crippen LogP contribution in [0.5, 0.6) is 0 Å². The molecule has 0 aliphatic rings. The van der Waals surface area contributed by atoms with E-state index in [1.807, 2.05) is 0 Å². The Bertz CT molecular complexity index is 446. The number of rotatable bonds is 7. The molecule has 0 fully saturated rings. The molecule has 108 valence electrons. The maximum Gasteiger partial charge on any atom is 0.137 e. The number of hydrogen-bond acceptors (Lipinski definition) is 0. The van der Waals surface area contributed by atoms with E-state index >= 15 is 0 Å². The van der Waals surface area contributed by atoms with Crippen molar-refractivity contribution in [3.63, 3.8) is 0 Å². The van der Waals surface area contributed by atoms with E-state index in [4.69, 9.17) is 0 Å². The van der Waals surface area contributed by atoms with E-state index in [2.05, 4.69) is 74.0 Å². The van der Waals surface area contributed by atoms with Crippen LogP contribution in [0, 0.1) is 11.5 Å². The summed E-state index contributed by atoms with van der Waals surface area (Å²) in [5, 5.41) is 0. The predicted molar refractivity (Wildman–Crippen MR) is 93.3 cm³/mol. The highest BCUT2D eigenvalue weighted by Crippen LogP contribution is 2.10. The third-order valence-corrected chi connectivity index (χ3v) is 5.44. The number of unbranched alkanes of at least 4 members (excludes halogenated alkanes) is 4. The van der Waals surface area contributed by atoms with E-state index in [1.54, 1.807) is 0 Å². The molecule has 0 N–H and O–H groups in total. The minimum Gasteiger partial charge on any atom is -0.127 e. The van der Waals surface area contributed by atoms with Crippen molar-refractivity contribution in [1.82, 2.24) is 0 Å². The van der Waals surface area contributed by atoms with Gasteiger partial charge in [0.25, 0.3) is 0 Å². The normalized spacial score (nSPS) is 11.3. The lowest BCUT2D eigenvalue weighted by atomic mass is 10.1. The fraction of sp³-hybridized carbons (Fsp3) is 0.474. The van der Waals surface area contributed by atoms with Crippen LogP contribution in [0.4, 0.5) is 0 Å². The van der Waals surface area contributed by atoms with Gasteiger partial charge in [0.15, 0.2) is 0 Å². The van der Waals surface area contributed by atoms with Crippen molar-refractivity contribution in [3.05, 3.63) is 48.0 Å². The van der Waals surface area contributed by atoms with Crippen molar-refractivity contribution in [2.75, 3.05) is 0 Å². The molecule has 0 saturated heterocycles. The first-order valence-corrected chi connectivity index (χ1v) is 11.1. The second-order valence-electron chi connectivity index (χ2n) is 6.07. The highest BCUT2D eigenvalue weighted by Gasteiger charge is 2.17. The van der Waals surface area contributed by atoms with Gasteiger partial charge in [-0.3, -0.25) is 0 Å². The second kappa shape index (κ2) is 9.61. The Hall–Kier alpha value is -1.26. The maximum atomic E-state index is 3.51. The molecule has 1 aromatic rings. The summed E-state index contributed by atoms with van der Waals surface area (Å²) in [6.45, 7) is 6.95. The van der Waals surface area contributed by atoms with Crippen molar-refractivity contribution >= 4 is 8.07 Å². The van der Waals surface area contributed by atoms with Gasteiger partial charge in [-0.25, -0.2) is 0 Å². The van der Waals surface area contributed by atoms with Crippen LogP contribution < -0.4 is 0 Å². The molecule has 0 unspecified atom stereocenters. The van der Waals surface area contributed by atoms with E-state index in [0.717, 1.165) is 6.04 Å². The minimum atomic E-state index is -1.44. The largest absolute Gasteiger partial charge is 0.137 e. The van der Waals surface area contributed by atoms with Gasteiger partial charge in [-0.1, -0.05) is 81.6 Å². The molecule has 0 aliphatic carbocycles. The molecular formula is C19H28Si. The van der Waals surface area contributed by atoms with Crippen molar-refractivity contribution in [1.29, 1.82) is 0 Å². The van der Waals surface area contributed by atoms with E-state index in [-0.39, 0.29) is 0 Å². The van der Waals surface area contributed by atoms with Gasteiger partial charge >= 0.3 is 0 Å². The second-order valence-corrected chi connectivity index (χ2v) is 10.4. The monoisotopic (exact) mass is 284 g/mol.